The Morgan fingerprint density at radius 1 is 1.11 bits per heavy atom. The van der Waals surface area contributed by atoms with Crippen LogP contribution in [0.25, 0.3) is 0 Å². The number of anilines is 1. The van der Waals surface area contributed by atoms with Gasteiger partial charge in [0.1, 0.15) is 32.4 Å². The van der Waals surface area contributed by atoms with Crippen molar-refractivity contribution in [2.75, 3.05) is 37.7 Å². The molecule has 2 saturated heterocycles. The number of alkyl halides is 3. The molecule has 8 nitrogen and oxygen atoms in total. The normalized spacial score (nSPS) is 19.4. The summed E-state index contributed by atoms with van der Waals surface area (Å²) >= 11 is 0. The molecule has 3 rings (SSSR count). The summed E-state index contributed by atoms with van der Waals surface area (Å²) < 4.78 is 38.0. The van der Waals surface area contributed by atoms with Crippen LogP contribution in [0, 0.1) is 0 Å². The molecule has 0 aromatic carbocycles. The topological polar surface area (TPSA) is 79.5 Å². The summed E-state index contributed by atoms with van der Waals surface area (Å²) in [5.41, 5.74) is -0.744. The summed E-state index contributed by atoms with van der Waals surface area (Å²) in [4.78, 5) is 43.8. The number of aromatic nitrogens is 1. The zero-order chi connectivity index (χ0) is 20.6. The minimum Gasteiger partial charge on any atom is -0.311 e. The summed E-state index contributed by atoms with van der Waals surface area (Å²) in [6.45, 7) is 5.64. The van der Waals surface area contributed by atoms with Crippen LogP contribution in [0.3, 0.4) is 0 Å². The van der Waals surface area contributed by atoms with E-state index in [1.54, 1.807) is 13.8 Å². The van der Waals surface area contributed by atoms with Crippen molar-refractivity contribution >= 4 is 23.7 Å². The van der Waals surface area contributed by atoms with E-state index in [-0.39, 0.29) is 6.67 Å². The molecule has 1 aromatic rings. The number of amides is 4. The Bertz CT molecular complexity index is 773. The van der Waals surface area contributed by atoms with Gasteiger partial charge < -0.3 is 4.90 Å². The summed E-state index contributed by atoms with van der Waals surface area (Å²) in [5, 5.41) is 0. The third-order valence-electron chi connectivity index (χ3n) is 4.92. The predicted octanol–water partition coefficient (Wildman–Crippen LogP) is -0.619. The SMILES string of the molecule is CC(C)N1C(=O)C(=O)N(C[NH+]2CCN(c3ccc(C(F)(F)F)c[nH+]3)CC2)C1=O. The number of carbonyl (C=O) groups is 3. The number of hydrogen-bond acceptors (Lipinski definition) is 4. The number of nitrogens with one attached hydrogen (secondary N) is 2. The number of rotatable bonds is 4. The molecule has 1 aromatic heterocycles. The number of halogens is 3. The van der Waals surface area contributed by atoms with Crippen LogP contribution in [0.5, 0.6) is 0 Å². The van der Waals surface area contributed by atoms with Gasteiger partial charge in [-0.25, -0.2) is 14.7 Å². The highest BCUT2D eigenvalue weighted by molar-refractivity contribution is 6.44. The van der Waals surface area contributed by atoms with Gasteiger partial charge in [0.15, 0.2) is 6.67 Å². The lowest BCUT2D eigenvalue weighted by molar-refractivity contribution is -0.908. The Balaban J connectivity index is 1.58. The first-order valence-electron chi connectivity index (χ1n) is 8.96. The molecule has 2 N–H and O–H groups in total. The van der Waals surface area contributed by atoms with Crippen molar-refractivity contribution in [3.63, 3.8) is 0 Å². The monoisotopic (exact) mass is 401 g/mol. The van der Waals surface area contributed by atoms with E-state index in [4.69, 9.17) is 0 Å². The third-order valence-corrected chi connectivity index (χ3v) is 4.92. The Morgan fingerprint density at radius 2 is 1.75 bits per heavy atom. The second kappa shape index (κ2) is 7.38. The Hall–Kier alpha value is -2.69. The molecule has 0 aliphatic carbocycles. The lowest BCUT2D eigenvalue weighted by Crippen LogP contribution is -3.16. The van der Waals surface area contributed by atoms with Gasteiger partial charge in [-0.2, -0.15) is 13.2 Å². The fourth-order valence-electron chi connectivity index (χ4n) is 3.35. The smallest absolute Gasteiger partial charge is 0.311 e. The first-order valence-corrected chi connectivity index (χ1v) is 8.96. The number of hydrogen-bond donors (Lipinski definition) is 1. The minimum absolute atomic E-state index is 0.0944. The van der Waals surface area contributed by atoms with Crippen molar-refractivity contribution < 1.29 is 37.4 Å². The van der Waals surface area contributed by atoms with Gasteiger partial charge in [-0.1, -0.05) is 0 Å². The van der Waals surface area contributed by atoms with Gasteiger partial charge in [-0.15, -0.1) is 0 Å². The Labute approximate surface area is 159 Å². The van der Waals surface area contributed by atoms with Gasteiger partial charge in [0.05, 0.1) is 5.56 Å². The zero-order valence-corrected chi connectivity index (χ0v) is 15.5. The molecular formula is C17H22F3N5O3+2. The number of imide groups is 2. The number of nitrogens with zero attached hydrogens (tertiary/aromatic N) is 3. The molecule has 0 radical (unpaired) electrons. The zero-order valence-electron chi connectivity index (χ0n) is 15.5. The van der Waals surface area contributed by atoms with Crippen molar-refractivity contribution in [2.45, 2.75) is 26.1 Å². The molecule has 3 heterocycles. The van der Waals surface area contributed by atoms with E-state index in [2.05, 4.69) is 4.98 Å². The van der Waals surface area contributed by atoms with Crippen LogP contribution in [0.1, 0.15) is 19.4 Å². The molecule has 11 heteroatoms. The summed E-state index contributed by atoms with van der Waals surface area (Å²) in [6.07, 6.45) is -3.46. The molecule has 0 spiro atoms. The van der Waals surface area contributed by atoms with Gasteiger partial charge >= 0.3 is 24.0 Å². The molecule has 0 saturated carbocycles. The first-order chi connectivity index (χ1) is 13.1. The maximum Gasteiger partial charge on any atom is 0.419 e. The number of H-pyrrole nitrogens is 1. The number of quaternary nitrogens is 1. The lowest BCUT2D eigenvalue weighted by atomic mass is 10.2. The van der Waals surface area contributed by atoms with E-state index in [9.17, 15) is 27.6 Å². The standard InChI is InChI=1S/C17H20F3N5O3/c1-11(2)25-15(27)14(26)24(16(25)28)10-22-5-7-23(8-6-22)13-4-3-12(9-21-13)17(18,19)20/h3-4,9,11H,5-8,10H2,1-2H3/p+2. The van der Waals surface area contributed by atoms with Gasteiger partial charge in [0.2, 0.25) is 0 Å². The number of urea groups is 1. The highest BCUT2D eigenvalue weighted by Crippen LogP contribution is 2.28. The summed E-state index contributed by atoms with van der Waals surface area (Å²) in [5.74, 6) is -1.05. The van der Waals surface area contributed by atoms with Gasteiger partial charge in [-0.3, -0.25) is 19.4 Å². The Kier molecular flexibility index (Phi) is 5.28. The van der Waals surface area contributed by atoms with E-state index >= 15 is 0 Å². The fourth-order valence-corrected chi connectivity index (χ4v) is 3.35. The van der Waals surface area contributed by atoms with Crippen molar-refractivity contribution in [1.29, 1.82) is 0 Å². The average molecular weight is 401 g/mol. The van der Waals surface area contributed by atoms with E-state index < -0.39 is 35.6 Å². The van der Waals surface area contributed by atoms with Crippen LogP contribution in [-0.2, 0) is 15.8 Å². The first kappa shape index (κ1) is 20.1. The predicted molar refractivity (Wildman–Crippen MR) is 90.0 cm³/mol. The van der Waals surface area contributed by atoms with Gasteiger partial charge in [-0.05, 0) is 19.9 Å². The number of aromatic amines is 1. The maximum atomic E-state index is 12.7. The van der Waals surface area contributed by atoms with Crippen LogP contribution in [0.15, 0.2) is 18.3 Å². The van der Waals surface area contributed by atoms with Crippen molar-refractivity contribution in [2.24, 2.45) is 0 Å². The third kappa shape index (κ3) is 3.79. The van der Waals surface area contributed by atoms with E-state index in [1.165, 1.54) is 6.07 Å². The van der Waals surface area contributed by atoms with E-state index in [1.807, 2.05) is 4.90 Å². The molecule has 2 aliphatic rings. The maximum absolute atomic E-state index is 12.7. The lowest BCUT2D eigenvalue weighted by Gasteiger charge is -2.30. The van der Waals surface area contributed by atoms with Gasteiger partial charge in [0.25, 0.3) is 5.82 Å². The summed E-state index contributed by atoms with van der Waals surface area (Å²) in [7, 11) is 0. The molecule has 28 heavy (non-hydrogen) atoms. The molecule has 0 unspecified atom stereocenters. The molecule has 2 aliphatic heterocycles. The summed E-state index contributed by atoms with van der Waals surface area (Å²) in [6, 6.07) is 1.42. The second-order valence-electron chi connectivity index (χ2n) is 7.14. The van der Waals surface area contributed by atoms with Crippen LogP contribution >= 0.6 is 0 Å². The highest BCUT2D eigenvalue weighted by atomic mass is 19.4. The van der Waals surface area contributed by atoms with Crippen LogP contribution in [-0.4, -0.2) is 66.5 Å². The molecule has 4 amide bonds. The molecule has 152 valence electrons. The average Bonchev–Trinajstić information content (AvgIpc) is 2.85. The Morgan fingerprint density at radius 3 is 2.21 bits per heavy atom. The van der Waals surface area contributed by atoms with Crippen LogP contribution in [0.2, 0.25) is 0 Å². The molecule has 2 fully saturated rings. The van der Waals surface area contributed by atoms with E-state index in [0.29, 0.717) is 32.0 Å². The highest BCUT2D eigenvalue weighted by Gasteiger charge is 2.47. The minimum atomic E-state index is -4.39. The second-order valence-corrected chi connectivity index (χ2v) is 7.14. The fraction of sp³-hybridized carbons (Fsp3) is 0.529. The van der Waals surface area contributed by atoms with Crippen molar-refractivity contribution in [3.8, 4) is 0 Å². The number of pyridine rings is 1. The molecular weight excluding hydrogens is 379 g/mol. The quantitative estimate of drug-likeness (QED) is 0.539. The largest absolute Gasteiger partial charge is 0.419 e. The van der Waals surface area contributed by atoms with Crippen LogP contribution in [0.4, 0.5) is 23.8 Å². The van der Waals surface area contributed by atoms with E-state index in [0.717, 1.165) is 27.0 Å². The van der Waals surface area contributed by atoms with Crippen molar-refractivity contribution in [3.05, 3.63) is 23.9 Å². The van der Waals surface area contributed by atoms with Crippen LogP contribution < -0.4 is 14.8 Å². The van der Waals surface area contributed by atoms with Gasteiger partial charge in [0, 0.05) is 12.1 Å². The number of carbonyl (C=O) groups excluding carboxylic acids is 3. The molecule has 0 atom stereocenters. The van der Waals surface area contributed by atoms with Crippen molar-refractivity contribution in [1.82, 2.24) is 9.80 Å². The molecule has 0 bridgehead atoms. The number of piperazine rings is 1.